The zero-order valence-corrected chi connectivity index (χ0v) is 28.4. The minimum Gasteiger partial charge on any atom is -0.392 e. The first kappa shape index (κ1) is 31.5. The number of rotatable bonds is 7. The van der Waals surface area contributed by atoms with Crippen LogP contribution in [0.15, 0.2) is 66.7 Å². The topological polar surface area (TPSA) is 32.7 Å². The minimum atomic E-state index is -0.712. The SMILES string of the molecule is Cc1cc(C)c2c(c1)C1C=C(CC(C)C)c3cc(-c4ccccc4)ccc3N1C2(C)OC(CC(O)C(C)(C)C)C(C)(C)C. The number of nitrogens with zero attached hydrogens (tertiary/aromatic N) is 1. The van der Waals surface area contributed by atoms with Gasteiger partial charge >= 0.3 is 0 Å². The van der Waals surface area contributed by atoms with Gasteiger partial charge < -0.3 is 14.7 Å². The first-order valence-corrected chi connectivity index (χ1v) is 16.2. The summed E-state index contributed by atoms with van der Waals surface area (Å²) in [5.74, 6) is 0.540. The summed E-state index contributed by atoms with van der Waals surface area (Å²) in [5, 5.41) is 11.3. The van der Waals surface area contributed by atoms with Gasteiger partial charge in [-0.25, -0.2) is 0 Å². The van der Waals surface area contributed by atoms with E-state index in [1.165, 1.54) is 50.2 Å². The highest BCUT2D eigenvalue weighted by Crippen LogP contribution is 2.57. The van der Waals surface area contributed by atoms with E-state index in [4.69, 9.17) is 4.74 Å². The lowest BCUT2D eigenvalue weighted by Gasteiger charge is -2.48. The quantitative estimate of drug-likeness (QED) is 0.302. The highest BCUT2D eigenvalue weighted by Gasteiger charge is 2.53. The number of aliphatic hydroxyl groups excluding tert-OH is 1. The van der Waals surface area contributed by atoms with Gasteiger partial charge in [-0.15, -0.1) is 0 Å². The molecule has 0 fully saturated rings. The average molecular weight is 580 g/mol. The summed E-state index contributed by atoms with van der Waals surface area (Å²) in [7, 11) is 0. The smallest absolute Gasteiger partial charge is 0.166 e. The summed E-state index contributed by atoms with van der Waals surface area (Å²) in [5.41, 5.74) is 10.4. The fraction of sp³-hybridized carbons (Fsp3) is 0.500. The molecular formula is C40H53NO2. The van der Waals surface area contributed by atoms with Crippen LogP contribution in [0.2, 0.25) is 0 Å². The van der Waals surface area contributed by atoms with Crippen molar-refractivity contribution in [2.45, 2.75) is 113 Å². The lowest BCUT2D eigenvalue weighted by atomic mass is 9.79. The average Bonchev–Trinajstić information content (AvgIpc) is 3.15. The van der Waals surface area contributed by atoms with Gasteiger partial charge in [0.05, 0.1) is 18.2 Å². The number of anilines is 1. The van der Waals surface area contributed by atoms with Crippen LogP contribution in [0, 0.1) is 30.6 Å². The Hall–Kier alpha value is -2.88. The molecule has 0 saturated carbocycles. The number of allylic oxidation sites excluding steroid dienone is 1. The molecule has 3 aromatic rings. The van der Waals surface area contributed by atoms with Crippen molar-refractivity contribution < 1.29 is 9.84 Å². The Bertz CT molecular complexity index is 1500. The van der Waals surface area contributed by atoms with E-state index in [0.29, 0.717) is 12.3 Å². The van der Waals surface area contributed by atoms with Crippen molar-refractivity contribution in [2.75, 3.05) is 4.90 Å². The van der Waals surface area contributed by atoms with Gasteiger partial charge in [0, 0.05) is 23.2 Å². The van der Waals surface area contributed by atoms with Gasteiger partial charge in [0.1, 0.15) is 0 Å². The van der Waals surface area contributed by atoms with Gasteiger partial charge in [-0.3, -0.25) is 0 Å². The van der Waals surface area contributed by atoms with Crippen LogP contribution < -0.4 is 4.90 Å². The van der Waals surface area contributed by atoms with Gasteiger partial charge in [-0.2, -0.15) is 0 Å². The van der Waals surface area contributed by atoms with Crippen molar-refractivity contribution in [1.29, 1.82) is 0 Å². The van der Waals surface area contributed by atoms with Crippen LogP contribution in [0.3, 0.4) is 0 Å². The molecule has 0 spiro atoms. The molecule has 43 heavy (non-hydrogen) atoms. The Kier molecular flexibility index (Phi) is 8.24. The monoisotopic (exact) mass is 579 g/mol. The molecule has 3 nitrogen and oxygen atoms in total. The summed E-state index contributed by atoms with van der Waals surface area (Å²) in [4.78, 5) is 2.54. The summed E-state index contributed by atoms with van der Waals surface area (Å²) in [6.45, 7) is 24.4. The van der Waals surface area contributed by atoms with Crippen LogP contribution >= 0.6 is 0 Å². The van der Waals surface area contributed by atoms with Crippen molar-refractivity contribution in [2.24, 2.45) is 16.7 Å². The van der Waals surface area contributed by atoms with Crippen LogP contribution in [0.4, 0.5) is 5.69 Å². The molecule has 3 heteroatoms. The zero-order chi connectivity index (χ0) is 31.5. The molecule has 5 rings (SSSR count). The second-order valence-electron chi connectivity index (χ2n) is 15.8. The molecule has 2 aliphatic heterocycles. The molecule has 0 aromatic heterocycles. The van der Waals surface area contributed by atoms with Crippen molar-refractivity contribution in [3.8, 4) is 11.1 Å². The first-order chi connectivity index (χ1) is 20.0. The van der Waals surface area contributed by atoms with E-state index < -0.39 is 11.8 Å². The Morgan fingerprint density at radius 1 is 0.884 bits per heavy atom. The molecule has 0 saturated heterocycles. The fourth-order valence-corrected chi connectivity index (χ4v) is 7.18. The minimum absolute atomic E-state index is 0.0792. The van der Waals surface area contributed by atoms with Crippen molar-refractivity contribution >= 4 is 11.3 Å². The van der Waals surface area contributed by atoms with E-state index in [9.17, 15) is 5.11 Å². The highest BCUT2D eigenvalue weighted by molar-refractivity contribution is 5.87. The number of aryl methyl sites for hydroxylation is 2. The number of fused-ring (bicyclic) bond motifs is 5. The Morgan fingerprint density at radius 2 is 1.56 bits per heavy atom. The molecular weight excluding hydrogens is 526 g/mol. The Balaban J connectivity index is 1.72. The molecule has 1 N–H and O–H groups in total. The van der Waals surface area contributed by atoms with Crippen LogP contribution in [0.1, 0.15) is 109 Å². The maximum atomic E-state index is 11.3. The molecule has 0 aliphatic carbocycles. The van der Waals surface area contributed by atoms with Crippen molar-refractivity contribution in [3.63, 3.8) is 0 Å². The molecule has 4 unspecified atom stereocenters. The van der Waals surface area contributed by atoms with Crippen molar-refractivity contribution in [1.82, 2.24) is 0 Å². The van der Waals surface area contributed by atoms with Gasteiger partial charge in [-0.1, -0.05) is 116 Å². The molecule has 0 amide bonds. The standard InChI is InChI=1S/C40H53NO2/c1-25(2)19-30-23-34-32-21-26(3)20-27(4)37(32)40(11,43-36(39(8,9)10)24-35(42)38(5,6)7)41(34)33-18-17-29(22-31(30)33)28-15-13-12-14-16-28/h12-18,20-23,25,34-36,42H,19,24H2,1-11H3. The van der Waals surface area contributed by atoms with Crippen LogP contribution in [0.5, 0.6) is 0 Å². The van der Waals surface area contributed by atoms with Gasteiger partial charge in [0.15, 0.2) is 5.72 Å². The fourth-order valence-electron chi connectivity index (χ4n) is 7.18. The predicted octanol–water partition coefficient (Wildman–Crippen LogP) is 10.4. The maximum absolute atomic E-state index is 11.3. The number of ether oxygens (including phenoxy) is 1. The summed E-state index contributed by atoms with van der Waals surface area (Å²) < 4.78 is 7.47. The van der Waals surface area contributed by atoms with E-state index in [2.05, 4.69) is 148 Å². The highest BCUT2D eigenvalue weighted by atomic mass is 16.5. The Morgan fingerprint density at radius 3 is 2.16 bits per heavy atom. The maximum Gasteiger partial charge on any atom is 0.166 e. The number of hydrogen-bond acceptors (Lipinski definition) is 3. The normalized spacial score (nSPS) is 21.3. The lowest BCUT2D eigenvalue weighted by Crippen LogP contribution is -2.50. The first-order valence-electron chi connectivity index (χ1n) is 16.2. The molecule has 230 valence electrons. The van der Waals surface area contributed by atoms with E-state index in [-0.39, 0.29) is 23.0 Å². The lowest BCUT2D eigenvalue weighted by molar-refractivity contribution is -0.146. The van der Waals surface area contributed by atoms with Crippen LogP contribution in [-0.4, -0.2) is 17.3 Å². The van der Waals surface area contributed by atoms with Crippen LogP contribution in [0.25, 0.3) is 16.7 Å². The van der Waals surface area contributed by atoms with Gasteiger partial charge in [-0.05, 0) is 83.9 Å². The molecule has 0 bridgehead atoms. The Labute approximate surface area is 261 Å². The van der Waals surface area contributed by atoms with E-state index >= 15 is 0 Å². The molecule has 3 aromatic carbocycles. The van der Waals surface area contributed by atoms with E-state index in [1.54, 1.807) is 0 Å². The predicted molar refractivity (Wildman–Crippen MR) is 182 cm³/mol. The molecule has 2 aliphatic rings. The molecule has 0 radical (unpaired) electrons. The second-order valence-corrected chi connectivity index (χ2v) is 15.8. The van der Waals surface area contributed by atoms with Gasteiger partial charge in [0.25, 0.3) is 0 Å². The zero-order valence-electron chi connectivity index (χ0n) is 28.4. The third-order valence-corrected chi connectivity index (χ3v) is 9.50. The molecule has 2 heterocycles. The third-order valence-electron chi connectivity index (χ3n) is 9.50. The third kappa shape index (κ3) is 5.96. The summed E-state index contributed by atoms with van der Waals surface area (Å²) in [6, 6.07) is 22.4. The summed E-state index contributed by atoms with van der Waals surface area (Å²) >= 11 is 0. The van der Waals surface area contributed by atoms with Crippen molar-refractivity contribution in [3.05, 3.63) is 94.6 Å². The number of benzene rings is 3. The van der Waals surface area contributed by atoms with E-state index in [0.717, 1.165) is 6.42 Å². The van der Waals surface area contributed by atoms with Crippen LogP contribution in [-0.2, 0) is 10.5 Å². The summed E-state index contributed by atoms with van der Waals surface area (Å²) in [6.07, 6.45) is 3.48. The number of aliphatic hydroxyl groups is 1. The van der Waals surface area contributed by atoms with Gasteiger partial charge in [0.2, 0.25) is 0 Å². The second kappa shape index (κ2) is 11.2. The van der Waals surface area contributed by atoms with E-state index in [1.807, 2.05) is 0 Å². The largest absolute Gasteiger partial charge is 0.392 e. The number of hydrogen-bond donors (Lipinski definition) is 1. The molecule has 4 atom stereocenters.